The summed E-state index contributed by atoms with van der Waals surface area (Å²) in [5, 5.41) is 5.16. The Bertz CT molecular complexity index is 790. The van der Waals surface area contributed by atoms with Crippen molar-refractivity contribution in [2.75, 3.05) is 10.6 Å². The number of amides is 2. The Labute approximate surface area is 148 Å². The zero-order valence-electron chi connectivity index (χ0n) is 13.6. The lowest BCUT2D eigenvalue weighted by Crippen LogP contribution is -2.41. The molecule has 2 amide bonds. The minimum atomic E-state index is -1.38. The van der Waals surface area contributed by atoms with Crippen molar-refractivity contribution in [3.05, 3.63) is 58.3 Å². The van der Waals surface area contributed by atoms with E-state index in [4.69, 9.17) is 0 Å². The quantitative estimate of drug-likeness (QED) is 0.752. The zero-order valence-corrected chi connectivity index (χ0v) is 15.2. The van der Waals surface area contributed by atoms with Crippen LogP contribution in [0.1, 0.15) is 19.4 Å². The Balaban J connectivity index is 2.13. The van der Waals surface area contributed by atoms with Crippen LogP contribution in [-0.2, 0) is 9.59 Å². The second kappa shape index (κ2) is 7.13. The molecule has 0 unspecified atom stereocenters. The molecule has 4 nitrogen and oxygen atoms in total. The van der Waals surface area contributed by atoms with Crippen molar-refractivity contribution in [2.24, 2.45) is 5.41 Å². The van der Waals surface area contributed by atoms with Crippen molar-refractivity contribution < 1.29 is 14.0 Å². The van der Waals surface area contributed by atoms with Gasteiger partial charge in [0.25, 0.3) is 0 Å². The van der Waals surface area contributed by atoms with E-state index >= 15 is 0 Å². The minimum Gasteiger partial charge on any atom is -0.325 e. The molecule has 0 aromatic heterocycles. The van der Waals surface area contributed by atoms with Gasteiger partial charge in [-0.1, -0.05) is 34.1 Å². The highest BCUT2D eigenvalue weighted by atomic mass is 79.9. The number of benzene rings is 2. The summed E-state index contributed by atoms with van der Waals surface area (Å²) in [5.41, 5.74) is 0.273. The summed E-state index contributed by atoms with van der Waals surface area (Å²) >= 11 is 3.40. The van der Waals surface area contributed by atoms with Crippen molar-refractivity contribution >= 4 is 39.1 Å². The van der Waals surface area contributed by atoms with Crippen LogP contribution in [0.3, 0.4) is 0 Å². The highest BCUT2D eigenvalue weighted by Gasteiger charge is 2.36. The van der Waals surface area contributed by atoms with Gasteiger partial charge in [0.1, 0.15) is 11.2 Å². The number of hydrogen-bond donors (Lipinski definition) is 2. The predicted octanol–water partition coefficient (Wildman–Crippen LogP) is 4.50. The number of hydrogen-bond acceptors (Lipinski definition) is 2. The van der Waals surface area contributed by atoms with Gasteiger partial charge < -0.3 is 10.6 Å². The molecule has 0 aliphatic heterocycles. The van der Waals surface area contributed by atoms with E-state index in [-0.39, 0.29) is 5.69 Å². The lowest BCUT2D eigenvalue weighted by atomic mass is 9.90. The largest absolute Gasteiger partial charge is 0.325 e. The van der Waals surface area contributed by atoms with E-state index in [2.05, 4.69) is 26.6 Å². The van der Waals surface area contributed by atoms with E-state index < -0.39 is 23.0 Å². The Morgan fingerprint density at radius 1 is 1.04 bits per heavy atom. The van der Waals surface area contributed by atoms with Crippen molar-refractivity contribution in [1.82, 2.24) is 0 Å². The van der Waals surface area contributed by atoms with Crippen molar-refractivity contribution in [3.63, 3.8) is 0 Å². The first kappa shape index (κ1) is 18.1. The topological polar surface area (TPSA) is 58.2 Å². The van der Waals surface area contributed by atoms with E-state index in [0.29, 0.717) is 5.69 Å². The van der Waals surface area contributed by atoms with Crippen LogP contribution in [0.4, 0.5) is 15.8 Å². The molecule has 2 aromatic rings. The van der Waals surface area contributed by atoms with Gasteiger partial charge in [-0.25, -0.2) is 4.39 Å². The fourth-order valence-corrected chi connectivity index (χ4v) is 2.28. The molecule has 126 valence electrons. The van der Waals surface area contributed by atoms with Gasteiger partial charge in [0.05, 0.1) is 5.69 Å². The number of anilines is 2. The van der Waals surface area contributed by atoms with Crippen molar-refractivity contribution in [2.45, 2.75) is 20.8 Å². The van der Waals surface area contributed by atoms with Gasteiger partial charge in [0.2, 0.25) is 11.8 Å². The molecule has 0 spiro atoms. The van der Waals surface area contributed by atoms with Gasteiger partial charge in [-0.15, -0.1) is 0 Å². The van der Waals surface area contributed by atoms with Crippen LogP contribution in [0, 0.1) is 18.2 Å². The molecule has 0 heterocycles. The standard InChI is InChI=1S/C18H18BrFN2O2/c1-11-8-9-12(10-13(11)19)21-16(23)18(2,3)17(24)22-15-7-5-4-6-14(15)20/h4-10H,1-3H3,(H,21,23)(H,22,24). The molecule has 0 aliphatic carbocycles. The van der Waals surface area contributed by atoms with E-state index in [1.165, 1.54) is 32.0 Å². The maximum Gasteiger partial charge on any atom is 0.239 e. The zero-order chi connectivity index (χ0) is 17.9. The van der Waals surface area contributed by atoms with E-state index in [0.717, 1.165) is 10.0 Å². The van der Waals surface area contributed by atoms with Crippen LogP contribution in [0.2, 0.25) is 0 Å². The summed E-state index contributed by atoms with van der Waals surface area (Å²) in [7, 11) is 0. The van der Waals surface area contributed by atoms with Gasteiger partial charge in [0.15, 0.2) is 0 Å². The molecular weight excluding hydrogens is 375 g/mol. The lowest BCUT2D eigenvalue weighted by molar-refractivity contribution is -0.135. The van der Waals surface area contributed by atoms with Gasteiger partial charge in [-0.3, -0.25) is 9.59 Å². The molecule has 0 saturated carbocycles. The molecule has 0 aliphatic rings. The molecule has 6 heteroatoms. The van der Waals surface area contributed by atoms with Crippen LogP contribution in [0.5, 0.6) is 0 Å². The molecule has 2 aromatic carbocycles. The summed E-state index contributed by atoms with van der Waals surface area (Å²) < 4.78 is 14.5. The van der Waals surface area contributed by atoms with Crippen LogP contribution in [-0.4, -0.2) is 11.8 Å². The third-order valence-electron chi connectivity index (χ3n) is 3.69. The Morgan fingerprint density at radius 2 is 1.67 bits per heavy atom. The molecule has 2 N–H and O–H groups in total. The number of rotatable bonds is 4. The van der Waals surface area contributed by atoms with Gasteiger partial charge in [-0.2, -0.15) is 0 Å². The van der Waals surface area contributed by atoms with E-state index in [1.807, 2.05) is 13.0 Å². The van der Waals surface area contributed by atoms with Gasteiger partial charge in [-0.05, 0) is 50.6 Å². The van der Waals surface area contributed by atoms with Gasteiger partial charge >= 0.3 is 0 Å². The van der Waals surface area contributed by atoms with Crippen LogP contribution in [0.25, 0.3) is 0 Å². The molecule has 2 rings (SSSR count). The molecule has 24 heavy (non-hydrogen) atoms. The average Bonchev–Trinajstić information content (AvgIpc) is 2.53. The summed E-state index contributed by atoms with van der Waals surface area (Å²) in [4.78, 5) is 24.9. The summed E-state index contributed by atoms with van der Waals surface area (Å²) in [6.45, 7) is 4.91. The minimum absolute atomic E-state index is 0.0430. The molecular formula is C18H18BrFN2O2. The second-order valence-electron chi connectivity index (χ2n) is 5.98. The fourth-order valence-electron chi connectivity index (χ4n) is 1.90. The molecule has 0 radical (unpaired) electrons. The monoisotopic (exact) mass is 392 g/mol. The fraction of sp³-hybridized carbons (Fsp3) is 0.222. The second-order valence-corrected chi connectivity index (χ2v) is 6.83. The third kappa shape index (κ3) is 4.00. The van der Waals surface area contributed by atoms with Crippen molar-refractivity contribution in [3.8, 4) is 0 Å². The van der Waals surface area contributed by atoms with Crippen LogP contribution >= 0.6 is 15.9 Å². The third-order valence-corrected chi connectivity index (χ3v) is 4.54. The first-order valence-corrected chi connectivity index (χ1v) is 8.14. The first-order chi connectivity index (χ1) is 11.2. The number of carbonyl (C=O) groups excluding carboxylic acids is 2. The smallest absolute Gasteiger partial charge is 0.239 e. The Kier molecular flexibility index (Phi) is 5.39. The molecule has 0 bridgehead atoms. The maximum absolute atomic E-state index is 13.6. The lowest BCUT2D eigenvalue weighted by Gasteiger charge is -2.23. The summed E-state index contributed by atoms with van der Waals surface area (Å²) in [5.74, 6) is -1.62. The van der Waals surface area contributed by atoms with E-state index in [9.17, 15) is 14.0 Å². The average molecular weight is 393 g/mol. The normalized spacial score (nSPS) is 11.0. The summed E-state index contributed by atoms with van der Waals surface area (Å²) in [6, 6.07) is 11.2. The Morgan fingerprint density at radius 3 is 2.29 bits per heavy atom. The van der Waals surface area contributed by atoms with Crippen LogP contribution in [0.15, 0.2) is 46.9 Å². The number of carbonyl (C=O) groups is 2. The SMILES string of the molecule is Cc1ccc(NC(=O)C(C)(C)C(=O)Nc2ccccc2F)cc1Br. The number of aryl methyl sites for hydroxylation is 1. The first-order valence-electron chi connectivity index (χ1n) is 7.35. The predicted molar refractivity (Wildman–Crippen MR) is 96.3 cm³/mol. The number of para-hydroxylation sites is 1. The highest BCUT2D eigenvalue weighted by Crippen LogP contribution is 2.25. The highest BCUT2D eigenvalue weighted by molar-refractivity contribution is 9.10. The summed E-state index contributed by atoms with van der Waals surface area (Å²) in [6.07, 6.45) is 0. The van der Waals surface area contributed by atoms with Gasteiger partial charge in [0, 0.05) is 10.2 Å². The van der Waals surface area contributed by atoms with Crippen LogP contribution < -0.4 is 10.6 Å². The molecule has 0 atom stereocenters. The van der Waals surface area contributed by atoms with Crippen molar-refractivity contribution in [1.29, 1.82) is 0 Å². The number of halogens is 2. The van der Waals surface area contributed by atoms with E-state index in [1.54, 1.807) is 18.2 Å². The maximum atomic E-state index is 13.6. The Hall–Kier alpha value is -2.21. The number of nitrogens with one attached hydrogen (secondary N) is 2. The molecule has 0 fully saturated rings. The molecule has 0 saturated heterocycles.